The molecule has 22 heavy (non-hydrogen) atoms. The van der Waals surface area contributed by atoms with Crippen molar-refractivity contribution in [1.29, 1.82) is 0 Å². The Kier molecular flexibility index (Phi) is 4.24. The van der Waals surface area contributed by atoms with Crippen LogP contribution in [0.25, 0.3) is 0 Å². The third-order valence-electron chi connectivity index (χ3n) is 3.97. The monoisotopic (exact) mass is 322 g/mol. The number of esters is 1. The van der Waals surface area contributed by atoms with E-state index < -0.39 is 0 Å². The Bertz CT molecular complexity index is 609. The van der Waals surface area contributed by atoms with E-state index in [0.717, 1.165) is 39.7 Å². The second-order valence-corrected chi connectivity index (χ2v) is 6.84. The zero-order valence-electron chi connectivity index (χ0n) is 12.5. The molecule has 1 saturated heterocycles. The molecule has 1 aromatic rings. The zero-order valence-corrected chi connectivity index (χ0v) is 13.3. The summed E-state index contributed by atoms with van der Waals surface area (Å²) in [6.45, 7) is 2.07. The normalized spacial score (nSPS) is 21.1. The van der Waals surface area contributed by atoms with Crippen molar-refractivity contribution in [3.05, 3.63) is 15.6 Å². The van der Waals surface area contributed by atoms with Crippen LogP contribution in [0.2, 0.25) is 0 Å². The van der Waals surface area contributed by atoms with Gasteiger partial charge in [0.15, 0.2) is 0 Å². The minimum Gasteiger partial charge on any atom is -0.456 e. The number of hydrogen-bond donors (Lipinski definition) is 0. The number of fused-ring (bicyclic) bond motifs is 1. The molecule has 3 rings (SSSR count). The van der Waals surface area contributed by atoms with Crippen LogP contribution in [0.3, 0.4) is 0 Å². The first kappa shape index (κ1) is 15.1. The van der Waals surface area contributed by atoms with Gasteiger partial charge in [-0.15, -0.1) is 11.3 Å². The number of hydrogen-bond acceptors (Lipinski definition) is 6. The number of carbonyl (C=O) groups is 3. The Hall–Kier alpha value is -1.76. The second-order valence-electron chi connectivity index (χ2n) is 5.60. The lowest BCUT2D eigenvalue weighted by atomic mass is 10.0. The SMILES string of the molecule is Cc1nc2c(s1)[C@H](OC(=O)CCN1C(=O)CCC1=O)CCC2. The van der Waals surface area contributed by atoms with Gasteiger partial charge in [-0.1, -0.05) is 0 Å². The van der Waals surface area contributed by atoms with Gasteiger partial charge in [-0.05, 0) is 26.2 Å². The molecule has 0 radical (unpaired) electrons. The highest BCUT2D eigenvalue weighted by molar-refractivity contribution is 7.11. The molecule has 6 nitrogen and oxygen atoms in total. The number of thiazole rings is 1. The lowest BCUT2D eigenvalue weighted by Crippen LogP contribution is -2.31. The van der Waals surface area contributed by atoms with Crippen molar-refractivity contribution in [2.24, 2.45) is 0 Å². The van der Waals surface area contributed by atoms with Crippen molar-refractivity contribution in [2.45, 2.75) is 51.6 Å². The molecule has 1 fully saturated rings. The Morgan fingerprint density at radius 2 is 2.05 bits per heavy atom. The number of carbonyl (C=O) groups excluding carboxylic acids is 3. The summed E-state index contributed by atoms with van der Waals surface area (Å²) in [5.41, 5.74) is 1.04. The van der Waals surface area contributed by atoms with Gasteiger partial charge in [0.05, 0.1) is 22.0 Å². The molecule has 0 aromatic carbocycles. The van der Waals surface area contributed by atoms with Gasteiger partial charge < -0.3 is 4.74 Å². The molecule has 2 heterocycles. The van der Waals surface area contributed by atoms with Gasteiger partial charge in [0.1, 0.15) is 6.10 Å². The van der Waals surface area contributed by atoms with Crippen molar-refractivity contribution in [2.75, 3.05) is 6.54 Å². The van der Waals surface area contributed by atoms with Crippen LogP contribution in [-0.2, 0) is 25.5 Å². The van der Waals surface area contributed by atoms with Crippen molar-refractivity contribution >= 4 is 29.1 Å². The first-order valence-corrected chi connectivity index (χ1v) is 8.35. The number of likely N-dealkylation sites (tertiary alicyclic amines) is 1. The molecule has 0 bridgehead atoms. The number of aryl methyl sites for hydroxylation is 2. The van der Waals surface area contributed by atoms with E-state index in [4.69, 9.17) is 4.74 Å². The van der Waals surface area contributed by atoms with Crippen LogP contribution in [0.1, 0.15) is 53.8 Å². The predicted octanol–water partition coefficient (Wildman–Crippen LogP) is 1.91. The number of imide groups is 1. The van der Waals surface area contributed by atoms with Crippen molar-refractivity contribution < 1.29 is 19.1 Å². The molecule has 2 aliphatic rings. The Morgan fingerprint density at radius 3 is 2.77 bits per heavy atom. The van der Waals surface area contributed by atoms with E-state index in [9.17, 15) is 14.4 Å². The Labute approximate surface area is 132 Å². The molecule has 0 unspecified atom stereocenters. The first-order valence-electron chi connectivity index (χ1n) is 7.53. The lowest BCUT2D eigenvalue weighted by molar-refractivity contribution is -0.151. The summed E-state index contributed by atoms with van der Waals surface area (Å²) in [4.78, 5) is 41.7. The molecule has 1 aliphatic carbocycles. The van der Waals surface area contributed by atoms with Crippen LogP contribution in [0.15, 0.2) is 0 Å². The number of aromatic nitrogens is 1. The molecule has 1 atom stereocenters. The highest BCUT2D eigenvalue weighted by Gasteiger charge is 2.30. The fourth-order valence-electron chi connectivity index (χ4n) is 2.91. The van der Waals surface area contributed by atoms with E-state index >= 15 is 0 Å². The van der Waals surface area contributed by atoms with E-state index in [1.54, 1.807) is 11.3 Å². The summed E-state index contributed by atoms with van der Waals surface area (Å²) >= 11 is 1.58. The van der Waals surface area contributed by atoms with Gasteiger partial charge in [-0.3, -0.25) is 19.3 Å². The van der Waals surface area contributed by atoms with E-state index in [1.807, 2.05) is 6.92 Å². The van der Waals surface area contributed by atoms with Gasteiger partial charge >= 0.3 is 5.97 Å². The summed E-state index contributed by atoms with van der Waals surface area (Å²) in [5.74, 6) is -0.761. The second kappa shape index (κ2) is 6.16. The lowest BCUT2D eigenvalue weighted by Gasteiger charge is -2.22. The summed E-state index contributed by atoms with van der Waals surface area (Å²) in [6.07, 6.45) is 3.03. The van der Waals surface area contributed by atoms with Crippen LogP contribution in [0.4, 0.5) is 0 Å². The minimum absolute atomic E-state index is 0.0566. The van der Waals surface area contributed by atoms with E-state index in [2.05, 4.69) is 4.98 Å². The van der Waals surface area contributed by atoms with Gasteiger partial charge in [0.2, 0.25) is 11.8 Å². The Balaban J connectivity index is 1.56. The third-order valence-corrected chi connectivity index (χ3v) is 5.08. The summed E-state index contributed by atoms with van der Waals surface area (Å²) in [6, 6.07) is 0. The standard InChI is InChI=1S/C15H18N2O4S/c1-9-16-10-3-2-4-11(15(10)22-9)21-14(20)7-8-17-12(18)5-6-13(17)19/h11H,2-8H2,1H3/t11-/m1/s1. The molecule has 0 spiro atoms. The molecule has 0 N–H and O–H groups in total. The van der Waals surface area contributed by atoms with Gasteiger partial charge in [-0.2, -0.15) is 0 Å². The Morgan fingerprint density at radius 1 is 1.32 bits per heavy atom. The van der Waals surface area contributed by atoms with Crippen molar-refractivity contribution in [3.63, 3.8) is 0 Å². The summed E-state index contributed by atoms with van der Waals surface area (Å²) in [5, 5.41) is 0.987. The molecule has 0 saturated carbocycles. The van der Waals surface area contributed by atoms with Crippen LogP contribution in [0.5, 0.6) is 0 Å². The highest BCUT2D eigenvalue weighted by Crippen LogP contribution is 2.36. The highest BCUT2D eigenvalue weighted by atomic mass is 32.1. The zero-order chi connectivity index (χ0) is 15.7. The number of nitrogens with zero attached hydrogens (tertiary/aromatic N) is 2. The topological polar surface area (TPSA) is 76.6 Å². The maximum absolute atomic E-state index is 12.0. The molecule has 1 aromatic heterocycles. The summed E-state index contributed by atoms with van der Waals surface area (Å²) < 4.78 is 5.54. The molecular weight excluding hydrogens is 304 g/mol. The van der Waals surface area contributed by atoms with Crippen LogP contribution in [0, 0.1) is 6.92 Å². The fraction of sp³-hybridized carbons (Fsp3) is 0.600. The minimum atomic E-state index is -0.364. The van der Waals surface area contributed by atoms with Crippen molar-refractivity contribution in [1.82, 2.24) is 9.88 Å². The quantitative estimate of drug-likeness (QED) is 0.625. The molecule has 118 valence electrons. The number of rotatable bonds is 4. The number of ether oxygens (including phenoxy) is 1. The molecular formula is C15H18N2O4S. The van der Waals surface area contributed by atoms with Gasteiger partial charge in [0.25, 0.3) is 0 Å². The third kappa shape index (κ3) is 3.04. The molecule has 7 heteroatoms. The fourth-order valence-corrected chi connectivity index (χ4v) is 3.95. The maximum Gasteiger partial charge on any atom is 0.308 e. The van der Waals surface area contributed by atoms with Crippen LogP contribution < -0.4 is 0 Å². The van der Waals surface area contributed by atoms with Crippen LogP contribution >= 0.6 is 11.3 Å². The van der Waals surface area contributed by atoms with E-state index in [1.165, 1.54) is 0 Å². The maximum atomic E-state index is 12.0. The molecule has 2 amide bonds. The summed E-state index contributed by atoms with van der Waals surface area (Å²) in [7, 11) is 0. The average molecular weight is 322 g/mol. The van der Waals surface area contributed by atoms with Gasteiger partial charge in [-0.25, -0.2) is 4.98 Å². The van der Waals surface area contributed by atoms with E-state index in [-0.39, 0.29) is 49.7 Å². The smallest absolute Gasteiger partial charge is 0.308 e. The average Bonchev–Trinajstić information content (AvgIpc) is 3.00. The van der Waals surface area contributed by atoms with Crippen LogP contribution in [-0.4, -0.2) is 34.2 Å². The number of amides is 2. The first-order chi connectivity index (χ1) is 10.5. The van der Waals surface area contributed by atoms with Gasteiger partial charge in [0, 0.05) is 19.4 Å². The van der Waals surface area contributed by atoms with E-state index in [0.29, 0.717) is 0 Å². The van der Waals surface area contributed by atoms with Crippen molar-refractivity contribution in [3.8, 4) is 0 Å². The molecule has 1 aliphatic heterocycles. The largest absolute Gasteiger partial charge is 0.456 e. The predicted molar refractivity (Wildman–Crippen MR) is 79.2 cm³/mol.